The van der Waals surface area contributed by atoms with E-state index in [0.29, 0.717) is 6.54 Å². The molecule has 86 valence electrons. The molecule has 1 heterocycles. The summed E-state index contributed by atoms with van der Waals surface area (Å²) in [5, 5.41) is 2.74. The van der Waals surface area contributed by atoms with E-state index in [1.807, 2.05) is 0 Å². The van der Waals surface area contributed by atoms with E-state index in [1.165, 1.54) is 0 Å². The fourth-order valence-electron chi connectivity index (χ4n) is 1.72. The summed E-state index contributed by atoms with van der Waals surface area (Å²) in [4.78, 5) is 24.3. The Morgan fingerprint density at radius 1 is 1.40 bits per heavy atom. The predicted molar refractivity (Wildman–Crippen MR) is 57.0 cm³/mol. The van der Waals surface area contributed by atoms with Crippen molar-refractivity contribution in [3.8, 4) is 0 Å². The molecule has 0 saturated carbocycles. The number of carbonyl (C=O) groups is 2. The van der Waals surface area contributed by atoms with Crippen molar-refractivity contribution in [2.75, 3.05) is 26.7 Å². The van der Waals surface area contributed by atoms with Gasteiger partial charge in [0.2, 0.25) is 11.8 Å². The Morgan fingerprint density at radius 2 is 2.00 bits per heavy atom. The van der Waals surface area contributed by atoms with E-state index in [0.717, 1.165) is 25.9 Å². The molecule has 0 spiro atoms. The van der Waals surface area contributed by atoms with Crippen molar-refractivity contribution < 1.29 is 9.59 Å². The van der Waals surface area contributed by atoms with Crippen molar-refractivity contribution in [2.45, 2.75) is 19.3 Å². The number of hydrogen-bond donors (Lipinski definition) is 2. The van der Waals surface area contributed by atoms with Gasteiger partial charge in [-0.05, 0) is 33.0 Å². The zero-order valence-electron chi connectivity index (χ0n) is 9.16. The summed E-state index contributed by atoms with van der Waals surface area (Å²) in [6, 6.07) is 0. The van der Waals surface area contributed by atoms with E-state index in [9.17, 15) is 9.59 Å². The first-order valence-electron chi connectivity index (χ1n) is 5.34. The van der Waals surface area contributed by atoms with Crippen molar-refractivity contribution >= 4 is 11.8 Å². The molecule has 0 aromatic heterocycles. The number of amides is 2. The highest BCUT2D eigenvalue weighted by atomic mass is 16.2. The molecule has 5 nitrogen and oxygen atoms in total. The van der Waals surface area contributed by atoms with Gasteiger partial charge in [-0.25, -0.2) is 0 Å². The van der Waals surface area contributed by atoms with Crippen LogP contribution in [0.25, 0.3) is 0 Å². The molecule has 15 heavy (non-hydrogen) atoms. The van der Waals surface area contributed by atoms with Crippen molar-refractivity contribution in [3.05, 3.63) is 0 Å². The number of hydrogen-bond acceptors (Lipinski definition) is 3. The first-order valence-corrected chi connectivity index (χ1v) is 5.34. The monoisotopic (exact) mass is 213 g/mol. The average Bonchev–Trinajstić information content (AvgIpc) is 2.18. The van der Waals surface area contributed by atoms with Crippen molar-refractivity contribution in [2.24, 2.45) is 11.7 Å². The minimum Gasteiger partial charge on any atom is -0.370 e. The number of rotatable bonds is 4. The summed E-state index contributed by atoms with van der Waals surface area (Å²) in [7, 11) is 2.06. The average molecular weight is 213 g/mol. The van der Waals surface area contributed by atoms with Crippen LogP contribution in [0, 0.1) is 5.92 Å². The Bertz CT molecular complexity index is 235. The van der Waals surface area contributed by atoms with Crippen LogP contribution in [0.15, 0.2) is 0 Å². The highest BCUT2D eigenvalue weighted by Crippen LogP contribution is 2.15. The van der Waals surface area contributed by atoms with E-state index in [4.69, 9.17) is 5.73 Å². The molecule has 1 rings (SSSR count). The second-order valence-corrected chi connectivity index (χ2v) is 4.08. The molecule has 1 fully saturated rings. The normalized spacial score (nSPS) is 18.7. The van der Waals surface area contributed by atoms with Crippen molar-refractivity contribution in [1.82, 2.24) is 10.2 Å². The number of nitrogens with one attached hydrogen (secondary N) is 1. The van der Waals surface area contributed by atoms with Crippen LogP contribution < -0.4 is 11.1 Å². The zero-order chi connectivity index (χ0) is 11.3. The molecule has 3 N–H and O–H groups in total. The van der Waals surface area contributed by atoms with Gasteiger partial charge in [0.25, 0.3) is 0 Å². The van der Waals surface area contributed by atoms with Crippen LogP contribution in [0.3, 0.4) is 0 Å². The number of carbonyl (C=O) groups excluding carboxylic acids is 2. The quantitative estimate of drug-likeness (QED) is 0.649. The van der Waals surface area contributed by atoms with Gasteiger partial charge in [0.15, 0.2) is 0 Å². The first kappa shape index (κ1) is 12.0. The summed E-state index contributed by atoms with van der Waals surface area (Å²) in [5.41, 5.74) is 4.98. The first-order chi connectivity index (χ1) is 7.09. The van der Waals surface area contributed by atoms with Gasteiger partial charge in [-0.3, -0.25) is 9.59 Å². The molecule has 0 unspecified atom stereocenters. The van der Waals surface area contributed by atoms with Gasteiger partial charge in [0.1, 0.15) is 0 Å². The third kappa shape index (κ3) is 4.29. The lowest BCUT2D eigenvalue weighted by molar-refractivity contribution is -0.126. The molecule has 5 heteroatoms. The SMILES string of the molecule is CN1CCC(C(=O)NCCC(N)=O)CC1. The maximum atomic E-state index is 11.6. The van der Waals surface area contributed by atoms with Gasteiger partial charge in [-0.2, -0.15) is 0 Å². The maximum absolute atomic E-state index is 11.6. The Morgan fingerprint density at radius 3 is 2.53 bits per heavy atom. The summed E-state index contributed by atoms with van der Waals surface area (Å²) < 4.78 is 0. The van der Waals surface area contributed by atoms with Crippen molar-refractivity contribution in [1.29, 1.82) is 0 Å². The number of primary amides is 1. The molecule has 0 radical (unpaired) electrons. The number of piperidine rings is 1. The Balaban J connectivity index is 2.19. The third-order valence-corrected chi connectivity index (χ3v) is 2.76. The summed E-state index contributed by atoms with van der Waals surface area (Å²) in [6.07, 6.45) is 2.02. The molecule has 0 bridgehead atoms. The Kier molecular flexibility index (Phi) is 4.55. The lowest BCUT2D eigenvalue weighted by Gasteiger charge is -2.27. The molecule has 1 aliphatic rings. The second-order valence-electron chi connectivity index (χ2n) is 4.08. The van der Waals surface area contributed by atoms with Crippen LogP contribution in [-0.4, -0.2) is 43.4 Å². The van der Waals surface area contributed by atoms with E-state index in [1.54, 1.807) is 0 Å². The summed E-state index contributed by atoms with van der Waals surface area (Å²) in [5.74, 6) is -0.211. The van der Waals surface area contributed by atoms with Crippen LogP contribution in [-0.2, 0) is 9.59 Å². The molecule has 0 aromatic carbocycles. The zero-order valence-corrected chi connectivity index (χ0v) is 9.16. The van der Waals surface area contributed by atoms with Gasteiger partial charge in [-0.1, -0.05) is 0 Å². The molecule has 0 aromatic rings. The summed E-state index contributed by atoms with van der Waals surface area (Å²) >= 11 is 0. The molecule has 0 aliphatic carbocycles. The molecule has 1 aliphatic heterocycles. The van der Waals surface area contributed by atoms with Crippen LogP contribution in [0.4, 0.5) is 0 Å². The van der Waals surface area contributed by atoms with E-state index < -0.39 is 0 Å². The lowest BCUT2D eigenvalue weighted by atomic mass is 9.96. The van der Waals surface area contributed by atoms with Gasteiger partial charge in [-0.15, -0.1) is 0 Å². The molecule has 0 atom stereocenters. The molecular formula is C10H19N3O2. The van der Waals surface area contributed by atoms with Crippen LogP contribution in [0.1, 0.15) is 19.3 Å². The van der Waals surface area contributed by atoms with Crippen LogP contribution in [0.5, 0.6) is 0 Å². The molecule has 1 saturated heterocycles. The number of likely N-dealkylation sites (tertiary alicyclic amines) is 1. The Labute approximate surface area is 90.0 Å². The highest BCUT2D eigenvalue weighted by molar-refractivity contribution is 5.80. The number of nitrogens with zero attached hydrogens (tertiary/aromatic N) is 1. The van der Waals surface area contributed by atoms with Crippen molar-refractivity contribution in [3.63, 3.8) is 0 Å². The molecule has 2 amide bonds. The van der Waals surface area contributed by atoms with E-state index >= 15 is 0 Å². The summed E-state index contributed by atoms with van der Waals surface area (Å²) in [6.45, 7) is 2.29. The standard InChI is InChI=1S/C10H19N3O2/c1-13-6-3-8(4-7-13)10(15)12-5-2-9(11)14/h8H,2-7H2,1H3,(H2,11,14)(H,12,15). The largest absolute Gasteiger partial charge is 0.370 e. The van der Waals surface area contributed by atoms with Gasteiger partial charge >= 0.3 is 0 Å². The maximum Gasteiger partial charge on any atom is 0.223 e. The van der Waals surface area contributed by atoms with Crippen LogP contribution in [0.2, 0.25) is 0 Å². The van der Waals surface area contributed by atoms with Gasteiger partial charge in [0.05, 0.1) is 0 Å². The third-order valence-electron chi connectivity index (χ3n) is 2.76. The van der Waals surface area contributed by atoms with Crippen LogP contribution >= 0.6 is 0 Å². The van der Waals surface area contributed by atoms with Gasteiger partial charge in [0, 0.05) is 18.9 Å². The second kappa shape index (κ2) is 5.70. The minimum atomic E-state index is -0.376. The molecular weight excluding hydrogens is 194 g/mol. The fraction of sp³-hybridized carbons (Fsp3) is 0.800. The number of nitrogens with two attached hydrogens (primary N) is 1. The smallest absolute Gasteiger partial charge is 0.223 e. The predicted octanol–water partition coefficient (Wildman–Crippen LogP) is -0.680. The Hall–Kier alpha value is -1.10. The van der Waals surface area contributed by atoms with Gasteiger partial charge < -0.3 is 16.0 Å². The highest BCUT2D eigenvalue weighted by Gasteiger charge is 2.22. The fourth-order valence-corrected chi connectivity index (χ4v) is 1.72. The minimum absolute atomic E-state index is 0.0596. The topological polar surface area (TPSA) is 75.4 Å². The van der Waals surface area contributed by atoms with E-state index in [2.05, 4.69) is 17.3 Å². The van der Waals surface area contributed by atoms with E-state index in [-0.39, 0.29) is 24.2 Å². The lowest BCUT2D eigenvalue weighted by Crippen LogP contribution is -2.39.